The summed E-state index contributed by atoms with van der Waals surface area (Å²) >= 11 is 0. The van der Waals surface area contributed by atoms with E-state index in [4.69, 9.17) is 4.74 Å². The minimum atomic E-state index is -0.976. The van der Waals surface area contributed by atoms with Crippen molar-refractivity contribution in [3.63, 3.8) is 0 Å². The lowest BCUT2D eigenvalue weighted by Gasteiger charge is -2.36. The maximum atomic E-state index is 13.3. The summed E-state index contributed by atoms with van der Waals surface area (Å²) in [7, 11) is 0. The molecule has 0 aromatic rings. The van der Waals surface area contributed by atoms with Gasteiger partial charge in [-0.1, -0.05) is 19.4 Å². The van der Waals surface area contributed by atoms with Gasteiger partial charge in [0.15, 0.2) is 0 Å². The second-order valence-corrected chi connectivity index (χ2v) is 10.00. The van der Waals surface area contributed by atoms with Gasteiger partial charge in [-0.2, -0.15) is 0 Å². The quantitative estimate of drug-likeness (QED) is 0.321. The van der Waals surface area contributed by atoms with Crippen LogP contribution in [0.3, 0.4) is 0 Å². The highest BCUT2D eigenvalue weighted by Crippen LogP contribution is 2.42. The Hall–Kier alpha value is -2.91. The number of hydrogen-bond donors (Lipinski definition) is 3. The molecule has 2 bridgehead atoms. The van der Waals surface area contributed by atoms with E-state index in [1.54, 1.807) is 27.7 Å². The summed E-state index contributed by atoms with van der Waals surface area (Å²) in [5, 5.41) is 7.71. The number of hydrogen-bond acceptors (Lipinski definition) is 6. The topological polar surface area (TPSA) is 134 Å². The molecule has 0 aromatic carbocycles. The number of fused-ring (bicyclic) bond motifs is 2. The summed E-state index contributed by atoms with van der Waals surface area (Å²) in [6.45, 7) is 12.2. The van der Waals surface area contributed by atoms with Gasteiger partial charge in [-0.05, 0) is 59.3 Å². The van der Waals surface area contributed by atoms with E-state index < -0.39 is 47.4 Å². The first-order valence-electron chi connectivity index (χ1n) is 11.9. The van der Waals surface area contributed by atoms with Crippen molar-refractivity contribution in [2.24, 2.45) is 5.92 Å². The van der Waals surface area contributed by atoms with Gasteiger partial charge in [-0.25, -0.2) is 4.79 Å². The predicted molar refractivity (Wildman–Crippen MR) is 126 cm³/mol. The van der Waals surface area contributed by atoms with Crippen molar-refractivity contribution < 1.29 is 28.7 Å². The van der Waals surface area contributed by atoms with E-state index in [1.807, 2.05) is 6.92 Å². The van der Waals surface area contributed by atoms with Gasteiger partial charge in [0.2, 0.25) is 17.6 Å². The van der Waals surface area contributed by atoms with Gasteiger partial charge in [0.1, 0.15) is 17.7 Å². The van der Waals surface area contributed by atoms with Crippen LogP contribution in [0, 0.1) is 5.92 Å². The number of piperidine rings is 1. The number of ether oxygens (including phenoxy) is 1. The normalized spacial score (nSPS) is 23.0. The Balaban J connectivity index is 2.12. The van der Waals surface area contributed by atoms with Crippen LogP contribution in [0.4, 0.5) is 4.79 Å². The van der Waals surface area contributed by atoms with Crippen LogP contribution in [0.5, 0.6) is 0 Å². The van der Waals surface area contributed by atoms with Crippen LogP contribution in [0.2, 0.25) is 0 Å². The van der Waals surface area contributed by atoms with Gasteiger partial charge in [0.25, 0.3) is 5.91 Å². The number of carbonyl (C=O) groups excluding carboxylic acids is 5. The van der Waals surface area contributed by atoms with Crippen molar-refractivity contribution in [3.8, 4) is 0 Å². The summed E-state index contributed by atoms with van der Waals surface area (Å²) in [5.41, 5.74) is -0.708. The maximum Gasteiger partial charge on any atom is 0.408 e. The van der Waals surface area contributed by atoms with Gasteiger partial charge < -0.3 is 25.6 Å². The van der Waals surface area contributed by atoms with Crippen molar-refractivity contribution in [2.75, 3.05) is 6.54 Å². The number of alkyl carbamates (subject to hydrolysis) is 1. The Kier molecular flexibility index (Phi) is 9.23. The van der Waals surface area contributed by atoms with E-state index in [0.717, 1.165) is 12.8 Å². The van der Waals surface area contributed by atoms with Gasteiger partial charge in [-0.3, -0.25) is 19.2 Å². The molecule has 1 saturated heterocycles. The molecule has 10 nitrogen and oxygen atoms in total. The molecule has 5 atom stereocenters. The fourth-order valence-electron chi connectivity index (χ4n) is 4.64. The molecular formula is C24H38N4O6. The van der Waals surface area contributed by atoms with Crippen LogP contribution >= 0.6 is 0 Å². The first-order chi connectivity index (χ1) is 15.9. The molecule has 0 aromatic heterocycles. The molecule has 0 radical (unpaired) electrons. The molecule has 2 rings (SSSR count). The number of rotatable bonds is 10. The largest absolute Gasteiger partial charge is 0.444 e. The van der Waals surface area contributed by atoms with E-state index in [1.165, 1.54) is 11.0 Å². The average Bonchev–Trinajstić information content (AvgIpc) is 3.36. The standard InChI is InChI=1S/C24H38N4O6/c1-7-9-17(19(29)21(31)25-12-8-2)27-20(30)18-15-10-11-16(13-15)28(18)22(32)14(3)26-23(33)34-24(4,5)6/h8,14-18H,2,7,9-13H2,1,3-6H3,(H,25,31)(H,26,33)(H,27,30)/t14-,15?,16?,17?,18-/m0/s1. The molecule has 34 heavy (non-hydrogen) atoms. The predicted octanol–water partition coefficient (Wildman–Crippen LogP) is 1.44. The molecule has 3 unspecified atom stereocenters. The average molecular weight is 479 g/mol. The van der Waals surface area contributed by atoms with Crippen LogP contribution in [0.15, 0.2) is 12.7 Å². The summed E-state index contributed by atoms with van der Waals surface area (Å²) in [6, 6.07) is -2.72. The van der Waals surface area contributed by atoms with Crippen molar-refractivity contribution in [1.29, 1.82) is 0 Å². The van der Waals surface area contributed by atoms with E-state index in [-0.39, 0.29) is 24.4 Å². The lowest BCUT2D eigenvalue weighted by Crippen LogP contribution is -2.59. The Labute approximate surface area is 201 Å². The summed E-state index contributed by atoms with van der Waals surface area (Å²) < 4.78 is 5.23. The number of likely N-dealkylation sites (tertiary alicyclic amines) is 1. The summed E-state index contributed by atoms with van der Waals surface area (Å²) in [4.78, 5) is 65.0. The molecular weight excluding hydrogens is 440 g/mol. The van der Waals surface area contributed by atoms with Crippen molar-refractivity contribution >= 4 is 29.6 Å². The van der Waals surface area contributed by atoms with E-state index >= 15 is 0 Å². The Bertz CT molecular complexity index is 821. The highest BCUT2D eigenvalue weighted by molar-refractivity contribution is 6.38. The number of amides is 4. The number of nitrogens with one attached hydrogen (secondary N) is 3. The molecule has 10 heteroatoms. The monoisotopic (exact) mass is 478 g/mol. The molecule has 190 valence electrons. The minimum Gasteiger partial charge on any atom is -0.444 e. The fraction of sp³-hybridized carbons (Fsp3) is 0.708. The molecule has 1 aliphatic heterocycles. The number of Topliss-reactive ketones (excluding diaryl/α,β-unsaturated/α-hetero) is 1. The van der Waals surface area contributed by atoms with E-state index in [0.29, 0.717) is 19.3 Å². The van der Waals surface area contributed by atoms with E-state index in [2.05, 4.69) is 22.5 Å². The molecule has 2 fully saturated rings. The highest BCUT2D eigenvalue weighted by Gasteiger charge is 2.52. The van der Waals surface area contributed by atoms with Gasteiger partial charge in [0.05, 0.1) is 6.04 Å². The minimum absolute atomic E-state index is 0.0327. The SMILES string of the molecule is C=CCNC(=O)C(=O)C(CCC)NC(=O)[C@@H]1C2CCC(C2)N1C(=O)[C@H](C)NC(=O)OC(C)(C)C. The molecule has 1 saturated carbocycles. The Morgan fingerprint density at radius 1 is 1.15 bits per heavy atom. The summed E-state index contributed by atoms with van der Waals surface area (Å²) in [6.07, 6.45) is 3.91. The van der Waals surface area contributed by atoms with Crippen LogP contribution < -0.4 is 16.0 Å². The van der Waals surface area contributed by atoms with Crippen molar-refractivity contribution in [1.82, 2.24) is 20.9 Å². The number of carbonyl (C=O) groups is 5. The van der Waals surface area contributed by atoms with E-state index in [9.17, 15) is 24.0 Å². The smallest absolute Gasteiger partial charge is 0.408 e. The molecule has 4 amide bonds. The van der Waals surface area contributed by atoms with Crippen LogP contribution in [0.25, 0.3) is 0 Å². The lowest BCUT2D eigenvalue weighted by molar-refractivity contribution is -0.145. The van der Waals surface area contributed by atoms with Crippen LogP contribution in [0.1, 0.15) is 66.7 Å². The van der Waals surface area contributed by atoms with Gasteiger partial charge in [-0.15, -0.1) is 6.58 Å². The third-order valence-electron chi connectivity index (χ3n) is 6.05. The third-order valence-corrected chi connectivity index (χ3v) is 6.05. The van der Waals surface area contributed by atoms with Crippen LogP contribution in [-0.4, -0.2) is 70.8 Å². The first-order valence-corrected chi connectivity index (χ1v) is 11.9. The van der Waals surface area contributed by atoms with Gasteiger partial charge >= 0.3 is 6.09 Å². The van der Waals surface area contributed by atoms with Crippen molar-refractivity contribution in [3.05, 3.63) is 12.7 Å². The van der Waals surface area contributed by atoms with Gasteiger partial charge in [0, 0.05) is 12.6 Å². The molecule has 2 aliphatic rings. The summed E-state index contributed by atoms with van der Waals surface area (Å²) in [5.74, 6) is -2.36. The fourth-order valence-corrected chi connectivity index (χ4v) is 4.64. The van der Waals surface area contributed by atoms with Crippen molar-refractivity contribution in [2.45, 2.75) is 96.5 Å². The second kappa shape index (κ2) is 11.5. The maximum absolute atomic E-state index is 13.3. The highest BCUT2D eigenvalue weighted by atomic mass is 16.6. The van der Waals surface area contributed by atoms with Crippen LogP contribution in [-0.2, 0) is 23.9 Å². The molecule has 1 heterocycles. The second-order valence-electron chi connectivity index (χ2n) is 10.00. The number of ketones is 1. The number of nitrogens with zero attached hydrogens (tertiary/aromatic N) is 1. The molecule has 1 aliphatic carbocycles. The zero-order chi connectivity index (χ0) is 25.6. The Morgan fingerprint density at radius 2 is 1.82 bits per heavy atom. The zero-order valence-corrected chi connectivity index (χ0v) is 20.8. The Morgan fingerprint density at radius 3 is 2.41 bits per heavy atom. The molecule has 0 spiro atoms. The third kappa shape index (κ3) is 6.80. The first kappa shape index (κ1) is 27.3. The lowest BCUT2D eigenvalue weighted by atomic mass is 9.96. The zero-order valence-electron chi connectivity index (χ0n) is 20.8. The molecule has 3 N–H and O–H groups in total.